The van der Waals surface area contributed by atoms with Crippen LogP contribution in [0.1, 0.15) is 42.7 Å². The van der Waals surface area contributed by atoms with Crippen LogP contribution in [0.5, 0.6) is 0 Å². The number of carbonyl (C=O) groups is 1. The van der Waals surface area contributed by atoms with Gasteiger partial charge in [-0.15, -0.1) is 0 Å². The zero-order chi connectivity index (χ0) is 13.2. The Kier molecular flexibility index (Phi) is 3.56. The van der Waals surface area contributed by atoms with E-state index in [1.54, 1.807) is 0 Å². The lowest BCUT2D eigenvalue weighted by atomic mass is 9.75. The summed E-state index contributed by atoms with van der Waals surface area (Å²) < 4.78 is 0. The highest BCUT2D eigenvalue weighted by Crippen LogP contribution is 2.37. The molecule has 0 radical (unpaired) electrons. The third-order valence-electron chi connectivity index (χ3n) is 4.42. The summed E-state index contributed by atoms with van der Waals surface area (Å²) >= 11 is 0. The molecule has 102 valence electrons. The number of hydrogen-bond donors (Lipinski definition) is 2. The first-order chi connectivity index (χ1) is 9.20. The minimum atomic E-state index is 0.198. The third kappa shape index (κ3) is 2.98. The molecular formula is C16H22N2O. The molecule has 0 aromatic heterocycles. The monoisotopic (exact) mass is 258 g/mol. The van der Waals surface area contributed by atoms with Crippen LogP contribution < -0.4 is 10.6 Å². The van der Waals surface area contributed by atoms with Gasteiger partial charge in [0.15, 0.2) is 0 Å². The van der Waals surface area contributed by atoms with Gasteiger partial charge in [0.1, 0.15) is 0 Å². The van der Waals surface area contributed by atoms with Crippen molar-refractivity contribution in [2.75, 3.05) is 6.54 Å². The highest BCUT2D eigenvalue weighted by molar-refractivity contribution is 5.76. The maximum absolute atomic E-state index is 11.1. The van der Waals surface area contributed by atoms with Gasteiger partial charge in [-0.2, -0.15) is 0 Å². The minimum Gasteiger partial charge on any atom is -0.355 e. The van der Waals surface area contributed by atoms with Crippen molar-refractivity contribution in [2.24, 2.45) is 0 Å². The van der Waals surface area contributed by atoms with Crippen molar-refractivity contribution in [3.05, 3.63) is 35.4 Å². The summed E-state index contributed by atoms with van der Waals surface area (Å²) in [6.45, 7) is 2.93. The number of piperidine rings is 1. The molecule has 0 bridgehead atoms. The van der Waals surface area contributed by atoms with Gasteiger partial charge in [-0.05, 0) is 37.7 Å². The molecule has 19 heavy (non-hydrogen) atoms. The fourth-order valence-corrected chi connectivity index (χ4v) is 3.07. The van der Waals surface area contributed by atoms with Gasteiger partial charge in [0, 0.05) is 25.0 Å². The van der Waals surface area contributed by atoms with E-state index in [1.165, 1.54) is 24.0 Å². The smallest absolute Gasteiger partial charge is 0.220 e. The van der Waals surface area contributed by atoms with Crippen LogP contribution in [0.2, 0.25) is 0 Å². The summed E-state index contributed by atoms with van der Waals surface area (Å²) in [5.74, 6) is 0.917. The molecule has 1 amide bonds. The zero-order valence-corrected chi connectivity index (χ0v) is 11.5. The molecule has 3 nitrogen and oxygen atoms in total. The molecule has 2 N–H and O–H groups in total. The van der Waals surface area contributed by atoms with Crippen molar-refractivity contribution in [1.82, 2.24) is 10.6 Å². The molecule has 2 aliphatic rings. The van der Waals surface area contributed by atoms with Crippen LogP contribution in [0.4, 0.5) is 0 Å². The predicted octanol–water partition coefficient (Wildman–Crippen LogP) is 2.11. The van der Waals surface area contributed by atoms with Gasteiger partial charge >= 0.3 is 0 Å². The molecule has 1 saturated heterocycles. The second-order valence-corrected chi connectivity index (χ2v) is 5.98. The first-order valence-corrected chi connectivity index (χ1v) is 7.30. The Bertz CT molecular complexity index is 438. The van der Waals surface area contributed by atoms with Crippen LogP contribution >= 0.6 is 0 Å². The fraction of sp³-hybridized carbons (Fsp3) is 0.562. The number of benzene rings is 1. The van der Waals surface area contributed by atoms with Crippen molar-refractivity contribution in [2.45, 2.75) is 50.6 Å². The van der Waals surface area contributed by atoms with Gasteiger partial charge in [0.25, 0.3) is 0 Å². The van der Waals surface area contributed by atoms with E-state index in [4.69, 9.17) is 0 Å². The standard InChI is InChI=1S/C16H22N2O/c1-11-2-4-12(5-3-11)13-8-15(9-13)18-14-6-7-16(19)17-10-14/h2-5,13-15,18H,6-10H2,1H3,(H,17,19). The van der Waals surface area contributed by atoms with Crippen molar-refractivity contribution in [1.29, 1.82) is 0 Å². The molecule has 2 fully saturated rings. The number of amides is 1. The van der Waals surface area contributed by atoms with Gasteiger partial charge < -0.3 is 10.6 Å². The molecule has 1 aliphatic carbocycles. The molecule has 1 aliphatic heterocycles. The molecular weight excluding hydrogens is 236 g/mol. The van der Waals surface area contributed by atoms with Crippen LogP contribution in [0.3, 0.4) is 0 Å². The number of carbonyl (C=O) groups excluding carboxylic acids is 1. The van der Waals surface area contributed by atoms with Crippen LogP contribution in [0.15, 0.2) is 24.3 Å². The lowest BCUT2D eigenvalue weighted by Crippen LogP contribution is -2.52. The fourth-order valence-electron chi connectivity index (χ4n) is 3.07. The summed E-state index contributed by atoms with van der Waals surface area (Å²) in [6.07, 6.45) is 4.12. The summed E-state index contributed by atoms with van der Waals surface area (Å²) in [6, 6.07) is 10.0. The highest BCUT2D eigenvalue weighted by atomic mass is 16.1. The van der Waals surface area contributed by atoms with E-state index in [1.807, 2.05) is 0 Å². The summed E-state index contributed by atoms with van der Waals surface area (Å²) in [5.41, 5.74) is 2.80. The van der Waals surface area contributed by atoms with Gasteiger partial charge in [0.2, 0.25) is 5.91 Å². The molecule has 1 saturated carbocycles. The molecule has 1 heterocycles. The Morgan fingerprint density at radius 2 is 1.89 bits per heavy atom. The van der Waals surface area contributed by atoms with Gasteiger partial charge in [-0.3, -0.25) is 4.79 Å². The second kappa shape index (κ2) is 5.33. The van der Waals surface area contributed by atoms with Crippen LogP contribution in [0.25, 0.3) is 0 Å². The summed E-state index contributed by atoms with van der Waals surface area (Å²) in [4.78, 5) is 11.1. The molecule has 1 aromatic carbocycles. The Morgan fingerprint density at radius 3 is 2.53 bits per heavy atom. The maximum atomic E-state index is 11.1. The van der Waals surface area contributed by atoms with Crippen molar-refractivity contribution >= 4 is 5.91 Å². The maximum Gasteiger partial charge on any atom is 0.220 e. The number of aryl methyl sites for hydroxylation is 1. The van der Waals surface area contributed by atoms with E-state index in [9.17, 15) is 4.79 Å². The van der Waals surface area contributed by atoms with E-state index in [-0.39, 0.29) is 5.91 Å². The summed E-state index contributed by atoms with van der Waals surface area (Å²) in [5, 5.41) is 6.61. The summed E-state index contributed by atoms with van der Waals surface area (Å²) in [7, 11) is 0. The number of nitrogens with one attached hydrogen (secondary N) is 2. The van der Waals surface area contributed by atoms with Crippen molar-refractivity contribution < 1.29 is 4.79 Å². The van der Waals surface area contributed by atoms with E-state index in [0.29, 0.717) is 18.5 Å². The Balaban J connectivity index is 1.45. The van der Waals surface area contributed by atoms with Gasteiger partial charge in [-0.25, -0.2) is 0 Å². The van der Waals surface area contributed by atoms with Crippen LogP contribution in [-0.4, -0.2) is 24.5 Å². The predicted molar refractivity (Wildman–Crippen MR) is 76.1 cm³/mol. The van der Waals surface area contributed by atoms with E-state index in [0.717, 1.165) is 18.9 Å². The largest absolute Gasteiger partial charge is 0.355 e. The van der Waals surface area contributed by atoms with Gasteiger partial charge in [0.05, 0.1) is 0 Å². The highest BCUT2D eigenvalue weighted by Gasteiger charge is 2.32. The van der Waals surface area contributed by atoms with Crippen molar-refractivity contribution in [3.8, 4) is 0 Å². The van der Waals surface area contributed by atoms with E-state index < -0.39 is 0 Å². The Morgan fingerprint density at radius 1 is 1.16 bits per heavy atom. The average Bonchev–Trinajstić information content (AvgIpc) is 2.37. The SMILES string of the molecule is Cc1ccc(C2CC(NC3CCC(=O)NC3)C2)cc1. The molecule has 0 spiro atoms. The third-order valence-corrected chi connectivity index (χ3v) is 4.42. The minimum absolute atomic E-state index is 0.198. The van der Waals surface area contributed by atoms with Crippen molar-refractivity contribution in [3.63, 3.8) is 0 Å². The second-order valence-electron chi connectivity index (χ2n) is 5.98. The topological polar surface area (TPSA) is 41.1 Å². The lowest BCUT2D eigenvalue weighted by molar-refractivity contribution is -0.122. The first kappa shape index (κ1) is 12.7. The number of hydrogen-bond acceptors (Lipinski definition) is 2. The molecule has 1 atom stereocenters. The first-order valence-electron chi connectivity index (χ1n) is 7.30. The Hall–Kier alpha value is -1.35. The van der Waals surface area contributed by atoms with Crippen LogP contribution in [0, 0.1) is 6.92 Å². The zero-order valence-electron chi connectivity index (χ0n) is 11.5. The van der Waals surface area contributed by atoms with E-state index in [2.05, 4.69) is 41.8 Å². The lowest BCUT2D eigenvalue weighted by Gasteiger charge is -2.39. The molecule has 1 aromatic rings. The molecule has 1 unspecified atom stereocenters. The Labute approximate surface area is 114 Å². The quantitative estimate of drug-likeness (QED) is 0.872. The van der Waals surface area contributed by atoms with Gasteiger partial charge in [-0.1, -0.05) is 29.8 Å². The molecule has 3 rings (SSSR count). The normalized spacial score (nSPS) is 30.6. The van der Waals surface area contributed by atoms with E-state index >= 15 is 0 Å². The molecule has 3 heteroatoms. The average molecular weight is 258 g/mol. The number of rotatable bonds is 3. The van der Waals surface area contributed by atoms with Crippen LogP contribution in [-0.2, 0) is 4.79 Å².